The maximum Gasteiger partial charge on any atom is 0.275 e. The van der Waals surface area contributed by atoms with Crippen LogP contribution in [0, 0.1) is 0 Å². The van der Waals surface area contributed by atoms with Gasteiger partial charge in [0.1, 0.15) is 11.4 Å². The number of hydrogen-bond acceptors (Lipinski definition) is 6. The van der Waals surface area contributed by atoms with Crippen LogP contribution in [0.3, 0.4) is 0 Å². The van der Waals surface area contributed by atoms with Gasteiger partial charge in [-0.15, -0.1) is 11.3 Å². The molecule has 0 aromatic carbocycles. The van der Waals surface area contributed by atoms with E-state index in [4.69, 9.17) is 0 Å². The lowest BCUT2D eigenvalue weighted by Crippen LogP contribution is -2.12. The van der Waals surface area contributed by atoms with Crippen molar-refractivity contribution in [2.45, 2.75) is 0 Å². The van der Waals surface area contributed by atoms with E-state index in [9.17, 15) is 4.79 Å². The average Bonchev–Trinajstić information content (AvgIpc) is 3.36. The Hall–Kier alpha value is -3.33. The first kappa shape index (κ1) is 15.2. The molecule has 4 aromatic heterocycles. The molecule has 0 unspecified atom stereocenters. The van der Waals surface area contributed by atoms with E-state index in [0.717, 1.165) is 0 Å². The summed E-state index contributed by atoms with van der Waals surface area (Å²) in [5, 5.41) is 9.59. The normalized spacial score (nSPS) is 10.8. The Morgan fingerprint density at radius 1 is 1.28 bits per heavy atom. The summed E-state index contributed by atoms with van der Waals surface area (Å²) in [5.41, 5.74) is 2.21. The minimum atomic E-state index is -0.306. The van der Waals surface area contributed by atoms with Crippen molar-refractivity contribution < 1.29 is 4.79 Å². The molecular weight excluding hydrogens is 338 g/mol. The van der Waals surface area contributed by atoms with Gasteiger partial charge in [0.05, 0.1) is 11.4 Å². The molecule has 0 aliphatic carbocycles. The third-order valence-corrected chi connectivity index (χ3v) is 4.27. The molecule has 0 atom stereocenters. The number of nitrogens with zero attached hydrogens (tertiary/aromatic N) is 5. The van der Waals surface area contributed by atoms with Gasteiger partial charge >= 0.3 is 0 Å². The van der Waals surface area contributed by atoms with E-state index in [2.05, 4.69) is 30.4 Å². The predicted molar refractivity (Wildman–Crippen MR) is 94.1 cm³/mol. The number of carbonyl (C=O) groups excluding carboxylic acids is 1. The highest BCUT2D eigenvalue weighted by molar-refractivity contribution is 7.13. The first-order chi connectivity index (χ1) is 12.2. The number of nitrogens with one attached hydrogen (secondary N) is 2. The molecule has 8 nitrogen and oxygen atoms in total. The highest BCUT2D eigenvalue weighted by Gasteiger charge is 2.17. The van der Waals surface area contributed by atoms with Gasteiger partial charge in [0.15, 0.2) is 10.8 Å². The Labute approximate surface area is 146 Å². The highest BCUT2D eigenvalue weighted by Crippen LogP contribution is 2.25. The number of aryl methyl sites for hydroxylation is 1. The Kier molecular flexibility index (Phi) is 3.82. The monoisotopic (exact) mass is 351 g/mol. The molecule has 0 fully saturated rings. The van der Waals surface area contributed by atoms with Crippen LogP contribution < -0.4 is 5.32 Å². The third-order valence-electron chi connectivity index (χ3n) is 3.42. The van der Waals surface area contributed by atoms with Crippen molar-refractivity contribution in [1.82, 2.24) is 29.7 Å². The van der Waals surface area contributed by atoms with Crippen molar-refractivity contribution in [2.75, 3.05) is 5.32 Å². The molecule has 0 saturated heterocycles. The summed E-state index contributed by atoms with van der Waals surface area (Å²) in [6, 6.07) is 5.55. The predicted octanol–water partition coefficient (Wildman–Crippen LogP) is 2.58. The molecule has 9 heteroatoms. The topological polar surface area (TPSA) is 101 Å². The highest BCUT2D eigenvalue weighted by atomic mass is 32.1. The number of amides is 1. The molecule has 25 heavy (non-hydrogen) atoms. The number of carbonyl (C=O) groups is 1. The first-order valence-electron chi connectivity index (χ1n) is 7.42. The van der Waals surface area contributed by atoms with Gasteiger partial charge in [0.25, 0.3) is 5.91 Å². The largest absolute Gasteiger partial charge is 0.343 e. The van der Waals surface area contributed by atoms with E-state index in [1.54, 1.807) is 41.9 Å². The van der Waals surface area contributed by atoms with Crippen molar-refractivity contribution in [3.8, 4) is 22.2 Å². The van der Waals surface area contributed by atoms with E-state index in [1.165, 1.54) is 11.3 Å². The van der Waals surface area contributed by atoms with Gasteiger partial charge in [0, 0.05) is 37.2 Å². The summed E-state index contributed by atoms with van der Waals surface area (Å²) in [7, 11) is 1.79. The lowest BCUT2D eigenvalue weighted by Gasteiger charge is -2.03. The van der Waals surface area contributed by atoms with E-state index < -0.39 is 0 Å². The first-order valence-corrected chi connectivity index (χ1v) is 8.30. The fourth-order valence-corrected chi connectivity index (χ4v) is 3.08. The Balaban J connectivity index is 1.60. The minimum Gasteiger partial charge on any atom is -0.343 e. The number of hydrogen-bond donors (Lipinski definition) is 2. The molecule has 4 rings (SSSR count). The van der Waals surface area contributed by atoms with Crippen molar-refractivity contribution in [3.05, 3.63) is 54.1 Å². The second-order valence-corrected chi connectivity index (χ2v) is 6.07. The number of anilines is 1. The summed E-state index contributed by atoms with van der Waals surface area (Å²) in [6.07, 6.45) is 6.78. The quantitative estimate of drug-likeness (QED) is 0.588. The average molecular weight is 351 g/mol. The van der Waals surface area contributed by atoms with E-state index >= 15 is 0 Å². The Bertz CT molecular complexity index is 1000. The van der Waals surface area contributed by atoms with Crippen LogP contribution >= 0.6 is 11.3 Å². The Morgan fingerprint density at radius 3 is 2.96 bits per heavy atom. The van der Waals surface area contributed by atoms with Gasteiger partial charge in [-0.1, -0.05) is 6.07 Å². The second-order valence-electron chi connectivity index (χ2n) is 5.21. The van der Waals surface area contributed by atoms with Crippen molar-refractivity contribution in [1.29, 1.82) is 0 Å². The summed E-state index contributed by atoms with van der Waals surface area (Å²) < 4.78 is 1.63. The maximum absolute atomic E-state index is 12.5. The molecule has 0 radical (unpaired) electrons. The summed E-state index contributed by atoms with van der Waals surface area (Å²) in [5.74, 6) is 0.332. The van der Waals surface area contributed by atoms with Crippen LogP contribution in [-0.2, 0) is 7.05 Å². The number of H-pyrrole nitrogens is 1. The number of thiazole rings is 1. The van der Waals surface area contributed by atoms with Gasteiger partial charge < -0.3 is 10.3 Å². The van der Waals surface area contributed by atoms with Crippen LogP contribution in [0.25, 0.3) is 22.2 Å². The number of aromatic nitrogens is 6. The number of aromatic amines is 1. The number of rotatable bonds is 4. The van der Waals surface area contributed by atoms with Crippen molar-refractivity contribution in [3.63, 3.8) is 0 Å². The SMILES string of the molecule is Cn1cc(NC(=O)c2csc(-c3ncc[nH]3)n2)c(-c2ccccn2)n1. The van der Waals surface area contributed by atoms with E-state index in [1.807, 2.05) is 18.2 Å². The van der Waals surface area contributed by atoms with Gasteiger partial charge in [0.2, 0.25) is 0 Å². The third kappa shape index (κ3) is 3.04. The van der Waals surface area contributed by atoms with Crippen molar-refractivity contribution >= 4 is 22.9 Å². The van der Waals surface area contributed by atoms with Gasteiger partial charge in [-0.25, -0.2) is 9.97 Å². The molecule has 4 heterocycles. The molecule has 0 saturated carbocycles. The van der Waals surface area contributed by atoms with E-state index in [0.29, 0.717) is 33.6 Å². The molecule has 0 bridgehead atoms. The zero-order valence-corrected chi connectivity index (χ0v) is 14.0. The standard InChI is InChI=1S/C16H13N7OS/c1-23-8-11(13(22-23)10-4-2-3-5-17-10)20-15(24)12-9-25-16(21-12)14-18-6-7-19-14/h2-9H,1H3,(H,18,19)(H,20,24). The fourth-order valence-electron chi connectivity index (χ4n) is 2.33. The summed E-state index contributed by atoms with van der Waals surface area (Å²) >= 11 is 1.35. The summed E-state index contributed by atoms with van der Waals surface area (Å²) in [4.78, 5) is 28.3. The minimum absolute atomic E-state index is 0.306. The molecule has 1 amide bonds. The van der Waals surface area contributed by atoms with Gasteiger partial charge in [-0.3, -0.25) is 14.5 Å². The van der Waals surface area contributed by atoms with Crippen LogP contribution in [0.2, 0.25) is 0 Å². The molecule has 4 aromatic rings. The van der Waals surface area contributed by atoms with Crippen LogP contribution in [0.15, 0.2) is 48.4 Å². The lowest BCUT2D eigenvalue weighted by molar-refractivity contribution is 0.102. The van der Waals surface area contributed by atoms with Gasteiger partial charge in [-0.05, 0) is 12.1 Å². The molecule has 124 valence electrons. The van der Waals surface area contributed by atoms with Crippen LogP contribution in [0.4, 0.5) is 5.69 Å². The molecule has 0 aliphatic rings. The van der Waals surface area contributed by atoms with E-state index in [-0.39, 0.29) is 5.91 Å². The maximum atomic E-state index is 12.5. The molecule has 2 N–H and O–H groups in total. The summed E-state index contributed by atoms with van der Waals surface area (Å²) in [6.45, 7) is 0. The fraction of sp³-hybridized carbons (Fsp3) is 0.0625. The zero-order valence-electron chi connectivity index (χ0n) is 13.2. The lowest BCUT2D eigenvalue weighted by atomic mass is 10.2. The molecular formula is C16H13N7OS. The number of imidazole rings is 1. The molecule has 0 spiro atoms. The second kappa shape index (κ2) is 6.29. The number of pyridine rings is 1. The zero-order chi connectivity index (χ0) is 17.2. The Morgan fingerprint density at radius 2 is 2.20 bits per heavy atom. The van der Waals surface area contributed by atoms with Crippen molar-refractivity contribution in [2.24, 2.45) is 7.05 Å². The van der Waals surface area contributed by atoms with Gasteiger partial charge in [-0.2, -0.15) is 5.10 Å². The molecule has 0 aliphatic heterocycles. The van der Waals surface area contributed by atoms with Crippen LogP contribution in [0.5, 0.6) is 0 Å². The smallest absolute Gasteiger partial charge is 0.275 e. The van der Waals surface area contributed by atoms with Crippen LogP contribution in [0.1, 0.15) is 10.5 Å². The van der Waals surface area contributed by atoms with Crippen LogP contribution in [-0.4, -0.2) is 35.6 Å².